The number of phenolic OH excluding ortho intramolecular Hbond substituents is 2. The number of aromatic nitrogens is 3. The van der Waals surface area contributed by atoms with E-state index in [0.717, 1.165) is 93.7 Å². The lowest BCUT2D eigenvalue weighted by atomic mass is 10.0. The van der Waals surface area contributed by atoms with Gasteiger partial charge in [0.25, 0.3) is 0 Å². The fourth-order valence-corrected chi connectivity index (χ4v) is 6.46. The van der Waals surface area contributed by atoms with Gasteiger partial charge in [0.05, 0.1) is 24.3 Å². The second-order valence-electron chi connectivity index (χ2n) is 15.0. The van der Waals surface area contributed by atoms with E-state index >= 15 is 0 Å². The predicted octanol–water partition coefficient (Wildman–Crippen LogP) is 9.64. The number of unbranched alkanes of at least 4 members (excludes halogenated alkanes) is 8. The number of ether oxygens (including phenoxy) is 4. The SMILES string of the molecule is CCCCCCc1cc(-c2nc(-c3ccccc3)nc(-c3cc(CCCCCC)c(OCC(O)COCCCC)cc3O)n2)c(O)cc1OCC(O)COCCCC. The van der Waals surface area contributed by atoms with Crippen LogP contribution in [0.4, 0.5) is 0 Å². The summed E-state index contributed by atoms with van der Waals surface area (Å²) < 4.78 is 23.4. The Morgan fingerprint density at radius 1 is 0.500 bits per heavy atom. The Morgan fingerprint density at radius 2 is 0.931 bits per heavy atom. The summed E-state index contributed by atoms with van der Waals surface area (Å²) in [4.78, 5) is 14.6. The molecule has 0 radical (unpaired) electrons. The summed E-state index contributed by atoms with van der Waals surface area (Å²) in [6, 6.07) is 16.4. The van der Waals surface area contributed by atoms with Crippen LogP contribution >= 0.6 is 0 Å². The van der Waals surface area contributed by atoms with Crippen molar-refractivity contribution in [2.45, 2.75) is 130 Å². The van der Waals surface area contributed by atoms with Crippen LogP contribution in [0, 0.1) is 0 Å². The fourth-order valence-electron chi connectivity index (χ4n) is 6.46. The molecule has 318 valence electrons. The Bertz CT molecular complexity index is 1670. The minimum atomic E-state index is -0.818. The van der Waals surface area contributed by atoms with Crippen molar-refractivity contribution in [1.82, 2.24) is 15.0 Å². The first-order valence-electron chi connectivity index (χ1n) is 21.6. The van der Waals surface area contributed by atoms with E-state index in [1.54, 1.807) is 12.1 Å². The summed E-state index contributed by atoms with van der Waals surface area (Å²) in [6.07, 6.45) is 12.0. The highest BCUT2D eigenvalue weighted by Gasteiger charge is 2.22. The zero-order valence-corrected chi connectivity index (χ0v) is 35.3. The summed E-state index contributed by atoms with van der Waals surface area (Å²) in [6.45, 7) is 10.1. The molecule has 4 aromatic rings. The molecule has 58 heavy (non-hydrogen) atoms. The zero-order valence-electron chi connectivity index (χ0n) is 35.3. The molecule has 0 saturated carbocycles. The van der Waals surface area contributed by atoms with Crippen LogP contribution in [0.1, 0.15) is 116 Å². The molecule has 2 unspecified atom stereocenters. The third-order valence-corrected chi connectivity index (χ3v) is 9.87. The first-order chi connectivity index (χ1) is 28.3. The van der Waals surface area contributed by atoms with Crippen molar-refractivity contribution in [3.05, 3.63) is 65.7 Å². The molecule has 0 aliphatic rings. The largest absolute Gasteiger partial charge is 0.507 e. The first kappa shape index (κ1) is 46.4. The lowest BCUT2D eigenvalue weighted by molar-refractivity contribution is 0.0111. The van der Waals surface area contributed by atoms with Crippen molar-refractivity contribution >= 4 is 0 Å². The number of aliphatic hydroxyl groups excluding tert-OH is 2. The maximum atomic E-state index is 11.6. The molecule has 0 bridgehead atoms. The highest BCUT2D eigenvalue weighted by Crippen LogP contribution is 2.39. The van der Waals surface area contributed by atoms with Gasteiger partial charge in [-0.3, -0.25) is 0 Å². The van der Waals surface area contributed by atoms with Gasteiger partial charge in [-0.1, -0.05) is 109 Å². The summed E-state index contributed by atoms with van der Waals surface area (Å²) in [5.41, 5.74) is 3.27. The van der Waals surface area contributed by atoms with Crippen molar-refractivity contribution in [2.75, 3.05) is 39.6 Å². The molecule has 11 nitrogen and oxygen atoms in total. The molecule has 0 aliphatic carbocycles. The van der Waals surface area contributed by atoms with Crippen molar-refractivity contribution in [2.24, 2.45) is 0 Å². The number of benzene rings is 3. The average molecular weight is 802 g/mol. The van der Waals surface area contributed by atoms with Gasteiger partial charge in [-0.15, -0.1) is 0 Å². The number of aryl methyl sites for hydroxylation is 2. The van der Waals surface area contributed by atoms with E-state index in [9.17, 15) is 20.4 Å². The number of phenols is 2. The van der Waals surface area contributed by atoms with E-state index in [1.165, 1.54) is 0 Å². The maximum Gasteiger partial charge on any atom is 0.167 e. The van der Waals surface area contributed by atoms with Gasteiger partial charge in [-0.25, -0.2) is 15.0 Å². The van der Waals surface area contributed by atoms with Crippen molar-refractivity contribution in [3.8, 4) is 57.2 Å². The molecule has 11 heteroatoms. The highest BCUT2D eigenvalue weighted by atomic mass is 16.5. The average Bonchev–Trinajstić information content (AvgIpc) is 3.23. The summed E-state index contributed by atoms with van der Waals surface area (Å²) in [7, 11) is 0. The van der Waals surface area contributed by atoms with Crippen LogP contribution < -0.4 is 9.47 Å². The van der Waals surface area contributed by atoms with Crippen LogP contribution in [-0.2, 0) is 22.3 Å². The molecule has 3 aromatic carbocycles. The van der Waals surface area contributed by atoms with Gasteiger partial charge in [-0.05, 0) is 61.8 Å². The molecule has 4 rings (SSSR count). The Labute approximate surface area is 345 Å². The molecule has 1 heterocycles. The predicted molar refractivity (Wildman–Crippen MR) is 230 cm³/mol. The minimum Gasteiger partial charge on any atom is -0.507 e. The first-order valence-corrected chi connectivity index (χ1v) is 21.6. The molecule has 4 N–H and O–H groups in total. The summed E-state index contributed by atoms with van der Waals surface area (Å²) in [5.74, 6) is 1.66. The highest BCUT2D eigenvalue weighted by molar-refractivity contribution is 5.74. The van der Waals surface area contributed by atoms with Gasteiger partial charge < -0.3 is 39.4 Å². The number of nitrogens with zero attached hydrogens (tertiary/aromatic N) is 3. The Hall–Kier alpha value is -4.29. The Morgan fingerprint density at radius 3 is 1.36 bits per heavy atom. The monoisotopic (exact) mass is 801 g/mol. The van der Waals surface area contributed by atoms with Gasteiger partial charge in [0.15, 0.2) is 17.5 Å². The van der Waals surface area contributed by atoms with Crippen molar-refractivity contribution in [3.63, 3.8) is 0 Å². The van der Waals surface area contributed by atoms with E-state index < -0.39 is 12.2 Å². The summed E-state index contributed by atoms with van der Waals surface area (Å²) in [5, 5.41) is 44.3. The lowest BCUT2D eigenvalue weighted by Gasteiger charge is -2.18. The fraction of sp³-hybridized carbons (Fsp3) is 0.553. The number of hydrogen-bond acceptors (Lipinski definition) is 11. The van der Waals surface area contributed by atoms with Gasteiger partial charge in [0.1, 0.15) is 48.4 Å². The van der Waals surface area contributed by atoms with Crippen molar-refractivity contribution in [1.29, 1.82) is 0 Å². The second-order valence-corrected chi connectivity index (χ2v) is 15.0. The Kier molecular flexibility index (Phi) is 20.8. The van der Waals surface area contributed by atoms with Gasteiger partial charge in [0.2, 0.25) is 0 Å². The third-order valence-electron chi connectivity index (χ3n) is 9.87. The second kappa shape index (κ2) is 25.9. The number of aliphatic hydroxyl groups is 2. The molecule has 0 amide bonds. The van der Waals surface area contributed by atoms with Gasteiger partial charge in [0, 0.05) is 30.9 Å². The van der Waals surface area contributed by atoms with Crippen LogP contribution in [-0.4, -0.2) is 87.2 Å². The minimum absolute atomic E-state index is 0.0202. The van der Waals surface area contributed by atoms with Gasteiger partial charge in [-0.2, -0.15) is 0 Å². The van der Waals surface area contributed by atoms with E-state index in [-0.39, 0.29) is 49.6 Å². The quantitative estimate of drug-likeness (QED) is 0.0388. The standard InChI is InChI=1S/C47H67N3O8/c1-5-9-13-16-22-35-26-39(41(53)28-43(35)57-32-37(51)30-55-24-11-7-3)46-48-45(34-20-18-15-19-21-34)49-47(50-46)40-27-36(23-17-14-10-6-2)44(29-42(40)54)58-33-38(52)31-56-25-12-8-4/h15,18-21,26-29,37-38,51-54H,5-14,16-17,22-25,30-33H2,1-4H3. The van der Waals surface area contributed by atoms with Crippen molar-refractivity contribution < 1.29 is 39.4 Å². The van der Waals surface area contributed by atoms with Crippen LogP contribution in [0.3, 0.4) is 0 Å². The van der Waals surface area contributed by atoms with Crippen LogP contribution in [0.25, 0.3) is 34.2 Å². The summed E-state index contributed by atoms with van der Waals surface area (Å²) >= 11 is 0. The molecule has 0 fully saturated rings. The van der Waals surface area contributed by atoms with Gasteiger partial charge >= 0.3 is 0 Å². The van der Waals surface area contributed by atoms with Crippen LogP contribution in [0.15, 0.2) is 54.6 Å². The number of hydrogen-bond donors (Lipinski definition) is 4. The zero-order chi connectivity index (χ0) is 41.5. The molecule has 2 atom stereocenters. The topological polar surface area (TPSA) is 157 Å². The molecular weight excluding hydrogens is 735 g/mol. The Balaban J connectivity index is 1.74. The third kappa shape index (κ3) is 15.1. The lowest BCUT2D eigenvalue weighted by Crippen LogP contribution is -2.24. The normalized spacial score (nSPS) is 12.4. The molecule has 0 aliphatic heterocycles. The molecular formula is C47H67N3O8. The number of aromatic hydroxyl groups is 2. The van der Waals surface area contributed by atoms with E-state index in [0.29, 0.717) is 54.5 Å². The molecule has 0 saturated heterocycles. The smallest absolute Gasteiger partial charge is 0.167 e. The van der Waals surface area contributed by atoms with E-state index in [1.807, 2.05) is 42.5 Å². The maximum absolute atomic E-state index is 11.6. The molecule has 0 spiro atoms. The van der Waals surface area contributed by atoms with Crippen LogP contribution in [0.5, 0.6) is 23.0 Å². The number of rotatable bonds is 29. The van der Waals surface area contributed by atoms with E-state index in [4.69, 9.17) is 33.9 Å². The molecule has 1 aromatic heterocycles. The van der Waals surface area contributed by atoms with E-state index in [2.05, 4.69) is 27.7 Å². The van der Waals surface area contributed by atoms with Crippen LogP contribution in [0.2, 0.25) is 0 Å².